The summed E-state index contributed by atoms with van der Waals surface area (Å²) in [4.78, 5) is 1.90. The van der Waals surface area contributed by atoms with Gasteiger partial charge in [-0.25, -0.2) is 0 Å². The molecule has 48 valence electrons. The summed E-state index contributed by atoms with van der Waals surface area (Å²) >= 11 is 4.95. The van der Waals surface area contributed by atoms with Crippen LogP contribution in [0.4, 0.5) is 0 Å². The molecule has 0 rings (SSSR count). The second-order valence-electron chi connectivity index (χ2n) is 2.07. The molecular weight excluding hydrogens is 209 g/mol. The van der Waals surface area contributed by atoms with Gasteiger partial charge in [-0.1, -0.05) is 0 Å². The SMILES string of the molecule is CN(C)C([S-])=[N+](C)C.[Y+3]. The van der Waals surface area contributed by atoms with Gasteiger partial charge in [0.1, 0.15) is 5.17 Å². The largest absolute Gasteiger partial charge is 3.00 e. The molecule has 9 heavy (non-hydrogen) atoms. The van der Waals surface area contributed by atoms with Gasteiger partial charge in [0.2, 0.25) is 0 Å². The molecule has 0 fully saturated rings. The first kappa shape index (κ1) is 12.5. The van der Waals surface area contributed by atoms with Gasteiger partial charge in [0.25, 0.3) is 0 Å². The summed E-state index contributed by atoms with van der Waals surface area (Å²) in [5.41, 5.74) is 0. The molecule has 0 spiro atoms. The second kappa shape index (κ2) is 5.57. The normalized spacial score (nSPS) is 7.56. The Morgan fingerprint density at radius 3 is 1.67 bits per heavy atom. The second-order valence-corrected chi connectivity index (χ2v) is 2.44. The topological polar surface area (TPSA) is 6.25 Å². The van der Waals surface area contributed by atoms with Crippen molar-refractivity contribution in [3.63, 3.8) is 0 Å². The van der Waals surface area contributed by atoms with Crippen LogP contribution >= 0.6 is 0 Å². The van der Waals surface area contributed by atoms with E-state index in [1.807, 2.05) is 37.7 Å². The summed E-state index contributed by atoms with van der Waals surface area (Å²) in [5.74, 6) is 0. The quantitative estimate of drug-likeness (QED) is 0.240. The molecule has 2 nitrogen and oxygen atoms in total. The zero-order valence-electron chi connectivity index (χ0n) is 6.38. The van der Waals surface area contributed by atoms with Crippen LogP contribution in [0.5, 0.6) is 0 Å². The molecule has 0 aromatic carbocycles. The van der Waals surface area contributed by atoms with Crippen molar-refractivity contribution in [2.45, 2.75) is 0 Å². The van der Waals surface area contributed by atoms with Crippen LogP contribution in [0.1, 0.15) is 0 Å². The fraction of sp³-hybridized carbons (Fsp3) is 0.800. The van der Waals surface area contributed by atoms with Crippen molar-refractivity contribution in [3.05, 3.63) is 0 Å². The maximum Gasteiger partial charge on any atom is 3.00 e. The van der Waals surface area contributed by atoms with Crippen molar-refractivity contribution in [1.82, 2.24) is 4.90 Å². The van der Waals surface area contributed by atoms with Crippen LogP contribution in [0.3, 0.4) is 0 Å². The maximum absolute atomic E-state index is 4.95. The van der Waals surface area contributed by atoms with Gasteiger partial charge in [0.15, 0.2) is 0 Å². The summed E-state index contributed by atoms with van der Waals surface area (Å²) in [7, 11) is 7.73. The molecule has 0 aliphatic heterocycles. The standard InChI is InChI=1S/C5H12N2S.Y/c1-6(2)5(8)7(3)4;/h1-4H3;/q;+3. The van der Waals surface area contributed by atoms with E-state index < -0.39 is 0 Å². The van der Waals surface area contributed by atoms with Gasteiger partial charge in [-0.2, -0.15) is 0 Å². The van der Waals surface area contributed by atoms with Gasteiger partial charge in [0, 0.05) is 0 Å². The van der Waals surface area contributed by atoms with E-state index in [0.29, 0.717) is 0 Å². The third-order valence-corrected chi connectivity index (χ3v) is 1.50. The number of hydrogen-bond acceptors (Lipinski definition) is 1. The molecule has 0 amide bonds. The smallest absolute Gasteiger partial charge is 0.693 e. The van der Waals surface area contributed by atoms with Gasteiger partial charge in [0.05, 0.1) is 28.2 Å². The Bertz CT molecular complexity index is 108. The van der Waals surface area contributed by atoms with Gasteiger partial charge in [-0.05, 0) is 0 Å². The molecular formula is C5H12N2SY+3. The minimum Gasteiger partial charge on any atom is -0.693 e. The maximum atomic E-state index is 4.95. The Morgan fingerprint density at radius 1 is 1.33 bits per heavy atom. The Hall–Kier alpha value is 0.794. The van der Waals surface area contributed by atoms with Crippen molar-refractivity contribution < 1.29 is 37.3 Å². The van der Waals surface area contributed by atoms with E-state index in [2.05, 4.69) is 0 Å². The first-order valence-corrected chi connectivity index (χ1v) is 2.85. The van der Waals surface area contributed by atoms with E-state index in [1.54, 1.807) is 0 Å². The summed E-state index contributed by atoms with van der Waals surface area (Å²) in [5, 5.41) is 0.852. The first-order chi connectivity index (χ1) is 3.55. The molecule has 0 unspecified atom stereocenters. The fourth-order valence-corrected chi connectivity index (χ4v) is 0.400. The number of rotatable bonds is 0. The summed E-state index contributed by atoms with van der Waals surface area (Å²) in [6.07, 6.45) is 0. The Balaban J connectivity index is 0. The van der Waals surface area contributed by atoms with E-state index in [9.17, 15) is 0 Å². The molecule has 0 N–H and O–H groups in total. The molecule has 0 heterocycles. The monoisotopic (exact) mass is 221 g/mol. The Labute approximate surface area is 87.6 Å². The first-order valence-electron chi connectivity index (χ1n) is 2.44. The van der Waals surface area contributed by atoms with Gasteiger partial charge in [-0.3, -0.25) is 9.48 Å². The molecule has 0 aromatic rings. The van der Waals surface area contributed by atoms with Crippen LogP contribution < -0.4 is 0 Å². The average Bonchev–Trinajstić information content (AvgIpc) is 1.64. The van der Waals surface area contributed by atoms with E-state index in [0.717, 1.165) is 5.17 Å². The van der Waals surface area contributed by atoms with Crippen LogP contribution in [-0.4, -0.2) is 42.8 Å². The van der Waals surface area contributed by atoms with Crippen molar-refractivity contribution in [2.24, 2.45) is 0 Å². The molecule has 0 saturated carbocycles. The number of amidine groups is 1. The van der Waals surface area contributed by atoms with Gasteiger partial charge in [-0.15, -0.1) is 0 Å². The van der Waals surface area contributed by atoms with Crippen molar-refractivity contribution >= 4 is 17.8 Å². The van der Waals surface area contributed by atoms with Crippen molar-refractivity contribution in [1.29, 1.82) is 0 Å². The predicted octanol–water partition coefficient (Wildman–Crippen LogP) is -0.280. The van der Waals surface area contributed by atoms with Crippen LogP contribution in [0, 0.1) is 0 Å². The molecule has 0 bridgehead atoms. The zero-order chi connectivity index (χ0) is 6.73. The average molecular weight is 221 g/mol. The van der Waals surface area contributed by atoms with Crippen molar-refractivity contribution in [3.8, 4) is 0 Å². The van der Waals surface area contributed by atoms with E-state index in [4.69, 9.17) is 12.6 Å². The van der Waals surface area contributed by atoms with Crippen LogP contribution in [0.15, 0.2) is 0 Å². The van der Waals surface area contributed by atoms with E-state index in [1.165, 1.54) is 0 Å². The molecule has 0 aliphatic rings. The van der Waals surface area contributed by atoms with Crippen LogP contribution in [0.25, 0.3) is 0 Å². The third kappa shape index (κ3) is 5.25. The summed E-state index contributed by atoms with van der Waals surface area (Å²) in [6, 6.07) is 0. The minimum absolute atomic E-state index is 0. The Kier molecular flexibility index (Phi) is 7.72. The Morgan fingerprint density at radius 2 is 1.67 bits per heavy atom. The van der Waals surface area contributed by atoms with Crippen molar-refractivity contribution in [2.75, 3.05) is 28.2 Å². The van der Waals surface area contributed by atoms with E-state index >= 15 is 0 Å². The number of nitrogens with zero attached hydrogens (tertiary/aromatic N) is 2. The van der Waals surface area contributed by atoms with Crippen LogP contribution in [0.2, 0.25) is 0 Å². The molecule has 0 atom stereocenters. The van der Waals surface area contributed by atoms with Crippen LogP contribution in [-0.2, 0) is 45.3 Å². The minimum atomic E-state index is 0. The molecule has 0 radical (unpaired) electrons. The molecule has 4 heteroatoms. The van der Waals surface area contributed by atoms with Gasteiger partial charge >= 0.3 is 32.7 Å². The van der Waals surface area contributed by atoms with E-state index in [-0.39, 0.29) is 32.7 Å². The molecule has 0 aliphatic carbocycles. The van der Waals surface area contributed by atoms with Gasteiger partial charge < -0.3 is 12.6 Å². The summed E-state index contributed by atoms with van der Waals surface area (Å²) in [6.45, 7) is 0. The number of hydrogen-bond donors (Lipinski definition) is 0. The summed E-state index contributed by atoms with van der Waals surface area (Å²) < 4.78 is 1.90. The molecule has 0 aromatic heterocycles. The zero-order valence-corrected chi connectivity index (χ0v) is 10.0. The molecule has 0 saturated heterocycles. The fourth-order valence-electron chi connectivity index (χ4n) is 0.400. The predicted molar refractivity (Wildman–Crippen MR) is 38.2 cm³/mol. The third-order valence-electron chi connectivity index (χ3n) is 0.765.